The van der Waals surface area contributed by atoms with Crippen molar-refractivity contribution in [3.05, 3.63) is 27.2 Å². The van der Waals surface area contributed by atoms with Crippen molar-refractivity contribution in [2.45, 2.75) is 39.5 Å². The maximum absolute atomic E-state index is 11.0. The third kappa shape index (κ3) is 2.86. The Morgan fingerprint density at radius 3 is 2.44 bits per heavy atom. The molecule has 0 aromatic heterocycles. The van der Waals surface area contributed by atoms with E-state index in [-0.39, 0.29) is 6.42 Å². The Morgan fingerprint density at radius 1 is 1.44 bits per heavy atom. The monoisotopic (exact) mass is 314 g/mol. The summed E-state index contributed by atoms with van der Waals surface area (Å²) in [5, 5.41) is 9.01. The smallest absolute Gasteiger partial charge is 0.304 e. The second kappa shape index (κ2) is 5.31. The number of benzene rings is 1. The van der Waals surface area contributed by atoms with Crippen LogP contribution in [0.5, 0.6) is 5.75 Å². The molecule has 0 saturated heterocycles. The van der Waals surface area contributed by atoms with Gasteiger partial charge >= 0.3 is 5.97 Å². The lowest BCUT2D eigenvalue weighted by molar-refractivity contribution is -0.138. The van der Waals surface area contributed by atoms with Crippen LogP contribution in [0, 0.1) is 13.8 Å². The molecule has 0 saturated carbocycles. The van der Waals surface area contributed by atoms with Crippen molar-refractivity contribution >= 4 is 21.9 Å². The third-order valence-electron chi connectivity index (χ3n) is 3.25. The van der Waals surface area contributed by atoms with E-state index >= 15 is 0 Å². The Bertz CT molecular complexity index is 478. The molecule has 0 unspecified atom stereocenters. The lowest BCUT2D eigenvalue weighted by Crippen LogP contribution is -2.23. The molecule has 4 heteroatoms. The molecule has 3 nitrogen and oxygen atoms in total. The molecule has 0 fully saturated rings. The normalized spacial score (nSPS) is 11.4. The zero-order chi connectivity index (χ0) is 14.1. The van der Waals surface area contributed by atoms with Crippen LogP contribution in [0.1, 0.15) is 37.0 Å². The van der Waals surface area contributed by atoms with Gasteiger partial charge in [0.05, 0.1) is 18.0 Å². The third-order valence-corrected chi connectivity index (χ3v) is 4.21. The van der Waals surface area contributed by atoms with Crippen molar-refractivity contribution in [2.24, 2.45) is 0 Å². The van der Waals surface area contributed by atoms with Gasteiger partial charge in [0.1, 0.15) is 5.75 Å². The molecular weight excluding hydrogens is 296 g/mol. The maximum Gasteiger partial charge on any atom is 0.304 e. The molecule has 1 aromatic rings. The summed E-state index contributed by atoms with van der Waals surface area (Å²) >= 11 is 3.53. The fourth-order valence-corrected chi connectivity index (χ4v) is 2.72. The number of hydrogen-bond acceptors (Lipinski definition) is 2. The number of carboxylic acids is 1. The highest BCUT2D eigenvalue weighted by atomic mass is 79.9. The first-order valence-electron chi connectivity index (χ1n) is 5.76. The van der Waals surface area contributed by atoms with Crippen molar-refractivity contribution in [1.82, 2.24) is 0 Å². The Morgan fingerprint density at radius 2 is 2.00 bits per heavy atom. The Balaban J connectivity index is 3.44. The summed E-state index contributed by atoms with van der Waals surface area (Å²) < 4.78 is 6.34. The van der Waals surface area contributed by atoms with Gasteiger partial charge < -0.3 is 9.84 Å². The fraction of sp³-hybridized carbons (Fsp3) is 0.500. The number of halogens is 1. The van der Waals surface area contributed by atoms with E-state index in [0.717, 1.165) is 26.9 Å². The molecule has 18 heavy (non-hydrogen) atoms. The van der Waals surface area contributed by atoms with E-state index in [1.165, 1.54) is 0 Å². The molecule has 0 bridgehead atoms. The van der Waals surface area contributed by atoms with Crippen LogP contribution in [-0.2, 0) is 10.2 Å². The lowest BCUT2D eigenvalue weighted by Gasteiger charge is -2.27. The number of ether oxygens (including phenoxy) is 1. The second-order valence-corrected chi connectivity index (χ2v) is 5.96. The fourth-order valence-electron chi connectivity index (χ4n) is 2.03. The van der Waals surface area contributed by atoms with Gasteiger partial charge in [-0.3, -0.25) is 4.79 Å². The highest BCUT2D eigenvalue weighted by Gasteiger charge is 2.29. The molecule has 0 aliphatic carbocycles. The number of rotatable bonds is 4. The maximum atomic E-state index is 11.0. The van der Waals surface area contributed by atoms with E-state index in [0.29, 0.717) is 0 Å². The number of carbonyl (C=O) groups is 1. The van der Waals surface area contributed by atoms with E-state index in [4.69, 9.17) is 9.84 Å². The van der Waals surface area contributed by atoms with E-state index in [1.54, 1.807) is 7.11 Å². The molecule has 0 atom stereocenters. The molecular formula is C14H19BrO3. The summed E-state index contributed by atoms with van der Waals surface area (Å²) in [7, 11) is 1.61. The van der Waals surface area contributed by atoms with Crippen LogP contribution in [-0.4, -0.2) is 18.2 Å². The highest BCUT2D eigenvalue weighted by molar-refractivity contribution is 9.10. The van der Waals surface area contributed by atoms with Crippen molar-refractivity contribution < 1.29 is 14.6 Å². The van der Waals surface area contributed by atoms with Crippen LogP contribution in [0.3, 0.4) is 0 Å². The highest BCUT2D eigenvalue weighted by Crippen LogP contribution is 2.41. The molecule has 1 rings (SSSR count). The minimum Gasteiger partial charge on any atom is -0.495 e. The van der Waals surface area contributed by atoms with Crippen molar-refractivity contribution in [3.8, 4) is 5.75 Å². The van der Waals surface area contributed by atoms with E-state index in [1.807, 2.05) is 33.8 Å². The average Bonchev–Trinajstić information content (AvgIpc) is 2.23. The molecule has 100 valence electrons. The Hall–Kier alpha value is -1.03. The van der Waals surface area contributed by atoms with Gasteiger partial charge in [0.15, 0.2) is 0 Å². The van der Waals surface area contributed by atoms with Crippen LogP contribution in [0.25, 0.3) is 0 Å². The van der Waals surface area contributed by atoms with Crippen molar-refractivity contribution in [3.63, 3.8) is 0 Å². The van der Waals surface area contributed by atoms with E-state index in [2.05, 4.69) is 15.9 Å². The lowest BCUT2D eigenvalue weighted by atomic mass is 9.80. The molecule has 1 N–H and O–H groups in total. The van der Waals surface area contributed by atoms with Gasteiger partial charge in [-0.1, -0.05) is 19.9 Å². The molecule has 1 aromatic carbocycles. The number of aliphatic carboxylic acids is 1. The number of hydrogen-bond donors (Lipinski definition) is 1. The van der Waals surface area contributed by atoms with Gasteiger partial charge in [-0.2, -0.15) is 0 Å². The minimum absolute atomic E-state index is 0.0678. The number of methoxy groups -OCH3 is 1. The van der Waals surface area contributed by atoms with Crippen LogP contribution in [0.2, 0.25) is 0 Å². The topological polar surface area (TPSA) is 46.5 Å². The second-order valence-electron chi connectivity index (χ2n) is 5.17. The van der Waals surface area contributed by atoms with Crippen LogP contribution >= 0.6 is 15.9 Å². The SMILES string of the molecule is COc1c(C(C)(C)CC(=O)O)cc(C)c(C)c1Br. The molecule has 0 heterocycles. The predicted molar refractivity (Wildman–Crippen MR) is 75.4 cm³/mol. The summed E-state index contributed by atoms with van der Waals surface area (Å²) in [6, 6.07) is 2.02. The molecule has 0 amide bonds. The largest absolute Gasteiger partial charge is 0.495 e. The zero-order valence-electron chi connectivity index (χ0n) is 11.4. The van der Waals surface area contributed by atoms with Gasteiger partial charge in [-0.05, 0) is 40.9 Å². The number of carboxylic acid groups (broad SMARTS) is 1. The molecule has 0 spiro atoms. The standard InChI is InChI=1S/C14H19BrO3/c1-8-6-10(14(3,4)7-11(16)17)13(18-5)12(15)9(8)2/h6H,7H2,1-5H3,(H,16,17). The Labute approximate surface area is 116 Å². The molecule has 0 aliphatic rings. The summed E-state index contributed by atoms with van der Waals surface area (Å²) in [5.74, 6) is -0.0826. The van der Waals surface area contributed by atoms with Gasteiger partial charge in [0.25, 0.3) is 0 Å². The van der Waals surface area contributed by atoms with Gasteiger partial charge in [0, 0.05) is 11.0 Å². The Kier molecular flexibility index (Phi) is 4.43. The average molecular weight is 315 g/mol. The summed E-state index contributed by atoms with van der Waals surface area (Å²) in [4.78, 5) is 11.0. The number of aryl methyl sites for hydroxylation is 1. The first-order valence-corrected chi connectivity index (χ1v) is 6.56. The zero-order valence-corrected chi connectivity index (χ0v) is 13.0. The quantitative estimate of drug-likeness (QED) is 0.918. The van der Waals surface area contributed by atoms with Gasteiger partial charge in [-0.25, -0.2) is 0 Å². The van der Waals surface area contributed by atoms with Crippen LogP contribution in [0.4, 0.5) is 0 Å². The van der Waals surface area contributed by atoms with E-state index in [9.17, 15) is 4.79 Å². The van der Waals surface area contributed by atoms with Gasteiger partial charge in [0.2, 0.25) is 0 Å². The first-order chi connectivity index (χ1) is 8.20. The summed E-state index contributed by atoms with van der Waals surface area (Å²) in [6.07, 6.45) is 0.0678. The van der Waals surface area contributed by atoms with Crippen molar-refractivity contribution in [1.29, 1.82) is 0 Å². The van der Waals surface area contributed by atoms with Crippen LogP contribution in [0.15, 0.2) is 10.5 Å². The van der Waals surface area contributed by atoms with Crippen molar-refractivity contribution in [2.75, 3.05) is 7.11 Å². The molecule has 0 aliphatic heterocycles. The predicted octanol–water partition coefficient (Wildman–Crippen LogP) is 3.83. The summed E-state index contributed by atoms with van der Waals surface area (Å²) in [6.45, 7) is 7.86. The van der Waals surface area contributed by atoms with Gasteiger partial charge in [-0.15, -0.1) is 0 Å². The first kappa shape index (κ1) is 15.0. The van der Waals surface area contributed by atoms with E-state index < -0.39 is 11.4 Å². The molecule has 0 radical (unpaired) electrons. The van der Waals surface area contributed by atoms with Crippen LogP contribution < -0.4 is 4.74 Å². The minimum atomic E-state index is -0.809. The summed E-state index contributed by atoms with van der Waals surface area (Å²) in [5.41, 5.74) is 2.68.